The fourth-order valence-electron chi connectivity index (χ4n) is 2.85. The van der Waals surface area contributed by atoms with Crippen LogP contribution in [0.5, 0.6) is 5.75 Å². The predicted octanol–water partition coefficient (Wildman–Crippen LogP) is 3.15. The van der Waals surface area contributed by atoms with E-state index >= 15 is 0 Å². The van der Waals surface area contributed by atoms with Crippen molar-refractivity contribution >= 4 is 35.3 Å². The number of esters is 2. The molecule has 3 rings (SSSR count). The minimum atomic E-state index is -0.530. The monoisotopic (exact) mass is 385 g/mol. The van der Waals surface area contributed by atoms with Gasteiger partial charge in [-0.2, -0.15) is 0 Å². The van der Waals surface area contributed by atoms with Crippen LogP contribution in [0.4, 0.5) is 5.69 Å². The van der Waals surface area contributed by atoms with Gasteiger partial charge in [-0.05, 0) is 54.8 Å². The van der Waals surface area contributed by atoms with Crippen LogP contribution in [0.1, 0.15) is 16.8 Å². The van der Waals surface area contributed by atoms with Crippen LogP contribution in [0.3, 0.4) is 0 Å². The summed E-state index contributed by atoms with van der Waals surface area (Å²) in [5.74, 6) is -1.23. The molecule has 0 radical (unpaired) electrons. The quantitative estimate of drug-likeness (QED) is 0.447. The maximum Gasteiger partial charge on any atom is 0.337 e. The van der Waals surface area contributed by atoms with Crippen molar-refractivity contribution in [1.29, 1.82) is 0 Å². The van der Waals surface area contributed by atoms with E-state index in [1.54, 1.807) is 16.7 Å². The van der Waals surface area contributed by atoms with Gasteiger partial charge in [0, 0.05) is 23.5 Å². The molecule has 0 aromatic heterocycles. The van der Waals surface area contributed by atoms with Crippen molar-refractivity contribution in [2.24, 2.45) is 5.92 Å². The average Bonchev–Trinajstić information content (AvgIpc) is 3.10. The molecule has 2 aromatic carbocycles. The number of anilines is 1. The molecular formula is C20H19NO5S. The number of hydrogen-bond donors (Lipinski definition) is 0. The number of ether oxygens (including phenoxy) is 2. The topological polar surface area (TPSA) is 72.9 Å². The molecule has 0 bridgehead atoms. The number of carbonyl (C=O) groups excluding carboxylic acids is 3. The molecule has 1 aliphatic rings. The molecule has 0 aliphatic carbocycles. The van der Waals surface area contributed by atoms with Gasteiger partial charge in [-0.15, -0.1) is 11.8 Å². The van der Waals surface area contributed by atoms with Crippen LogP contribution in [-0.2, 0) is 14.3 Å². The maximum atomic E-state index is 12.4. The molecule has 7 heteroatoms. The van der Waals surface area contributed by atoms with Crippen molar-refractivity contribution in [3.63, 3.8) is 0 Å². The summed E-state index contributed by atoms with van der Waals surface area (Å²) in [7, 11) is 1.30. The Labute approximate surface area is 161 Å². The minimum absolute atomic E-state index is 0.102. The Morgan fingerprint density at radius 3 is 2.33 bits per heavy atom. The highest BCUT2D eigenvalue weighted by Crippen LogP contribution is 2.28. The first kappa shape index (κ1) is 19.0. The summed E-state index contributed by atoms with van der Waals surface area (Å²) in [5, 5.41) is 0. The van der Waals surface area contributed by atoms with Crippen LogP contribution < -0.4 is 9.64 Å². The number of methoxy groups -OCH3 is 1. The van der Waals surface area contributed by atoms with Gasteiger partial charge in [-0.25, -0.2) is 4.79 Å². The van der Waals surface area contributed by atoms with Gasteiger partial charge in [0.05, 0.1) is 18.6 Å². The van der Waals surface area contributed by atoms with Gasteiger partial charge in [0.2, 0.25) is 5.91 Å². The zero-order valence-corrected chi connectivity index (χ0v) is 15.8. The lowest BCUT2D eigenvalue weighted by molar-refractivity contribution is -0.139. The molecule has 0 saturated carbocycles. The van der Waals surface area contributed by atoms with Crippen molar-refractivity contribution in [2.45, 2.75) is 11.3 Å². The largest absolute Gasteiger partial charge is 0.465 e. The molecule has 140 valence electrons. The van der Waals surface area contributed by atoms with E-state index in [1.165, 1.54) is 31.4 Å². The highest BCUT2D eigenvalue weighted by molar-refractivity contribution is 7.98. The number of thioether (sulfide) groups is 1. The first-order valence-electron chi connectivity index (χ1n) is 8.36. The highest BCUT2D eigenvalue weighted by atomic mass is 32.2. The summed E-state index contributed by atoms with van der Waals surface area (Å²) in [6.07, 6.45) is 2.10. The van der Waals surface area contributed by atoms with Gasteiger partial charge in [-0.1, -0.05) is 0 Å². The third-order valence-electron chi connectivity index (χ3n) is 4.34. The van der Waals surface area contributed by atoms with Gasteiger partial charge in [0.25, 0.3) is 0 Å². The van der Waals surface area contributed by atoms with Gasteiger partial charge < -0.3 is 14.4 Å². The van der Waals surface area contributed by atoms with Crippen LogP contribution >= 0.6 is 11.8 Å². The summed E-state index contributed by atoms with van der Waals surface area (Å²) in [6.45, 7) is 0.288. The molecule has 1 fully saturated rings. The van der Waals surface area contributed by atoms with Crippen molar-refractivity contribution in [3.8, 4) is 5.75 Å². The van der Waals surface area contributed by atoms with E-state index in [0.717, 1.165) is 10.6 Å². The van der Waals surface area contributed by atoms with Crippen molar-refractivity contribution in [2.75, 3.05) is 24.8 Å². The smallest absolute Gasteiger partial charge is 0.337 e. The van der Waals surface area contributed by atoms with Gasteiger partial charge in [-0.3, -0.25) is 9.59 Å². The molecule has 2 aromatic rings. The summed E-state index contributed by atoms with van der Waals surface area (Å²) in [6, 6.07) is 13.7. The SMILES string of the molecule is COC(=O)c1ccc(OC(=O)C2CC(=O)N(c3ccc(SC)cc3)C2)cc1. The van der Waals surface area contributed by atoms with Gasteiger partial charge >= 0.3 is 11.9 Å². The number of hydrogen-bond acceptors (Lipinski definition) is 6. The number of benzene rings is 2. The summed E-state index contributed by atoms with van der Waals surface area (Å²) in [5.41, 5.74) is 1.14. The van der Waals surface area contributed by atoms with Crippen LogP contribution in [0.2, 0.25) is 0 Å². The van der Waals surface area contributed by atoms with E-state index < -0.39 is 17.9 Å². The predicted molar refractivity (Wildman–Crippen MR) is 102 cm³/mol. The molecule has 1 aliphatic heterocycles. The molecule has 1 atom stereocenters. The third-order valence-corrected chi connectivity index (χ3v) is 5.08. The van der Waals surface area contributed by atoms with Crippen molar-refractivity contribution in [3.05, 3.63) is 54.1 Å². The fraction of sp³-hybridized carbons (Fsp3) is 0.250. The fourth-order valence-corrected chi connectivity index (χ4v) is 3.26. The maximum absolute atomic E-state index is 12.4. The lowest BCUT2D eigenvalue weighted by Crippen LogP contribution is -2.27. The summed E-state index contributed by atoms with van der Waals surface area (Å²) < 4.78 is 9.99. The number of carbonyl (C=O) groups is 3. The first-order chi connectivity index (χ1) is 13.0. The average molecular weight is 385 g/mol. The van der Waals surface area contributed by atoms with Gasteiger partial charge in [0.15, 0.2) is 0 Å². The molecular weight excluding hydrogens is 366 g/mol. The Morgan fingerprint density at radius 1 is 1.07 bits per heavy atom. The van der Waals surface area contributed by atoms with Crippen LogP contribution in [0.15, 0.2) is 53.4 Å². The normalized spacial score (nSPS) is 16.3. The van der Waals surface area contributed by atoms with E-state index in [1.807, 2.05) is 30.5 Å². The number of rotatable bonds is 5. The molecule has 1 heterocycles. The second kappa shape index (κ2) is 8.26. The number of nitrogens with zero attached hydrogens (tertiary/aromatic N) is 1. The molecule has 27 heavy (non-hydrogen) atoms. The zero-order chi connectivity index (χ0) is 19.4. The Morgan fingerprint density at radius 2 is 1.74 bits per heavy atom. The van der Waals surface area contributed by atoms with Crippen LogP contribution in [0, 0.1) is 5.92 Å². The van der Waals surface area contributed by atoms with Crippen molar-refractivity contribution in [1.82, 2.24) is 0 Å². The Balaban J connectivity index is 1.64. The molecule has 1 amide bonds. The first-order valence-corrected chi connectivity index (χ1v) is 9.59. The molecule has 1 unspecified atom stereocenters. The van der Waals surface area contributed by atoms with E-state index in [9.17, 15) is 14.4 Å². The summed E-state index contributed by atoms with van der Waals surface area (Å²) >= 11 is 1.63. The second-order valence-electron chi connectivity index (χ2n) is 6.04. The highest BCUT2D eigenvalue weighted by Gasteiger charge is 2.36. The van der Waals surface area contributed by atoms with E-state index in [0.29, 0.717) is 11.3 Å². The number of amides is 1. The Kier molecular flexibility index (Phi) is 5.81. The van der Waals surface area contributed by atoms with E-state index in [2.05, 4.69) is 4.74 Å². The van der Waals surface area contributed by atoms with Crippen LogP contribution in [-0.4, -0.2) is 37.8 Å². The Bertz CT molecular complexity index is 848. The molecule has 0 N–H and O–H groups in total. The van der Waals surface area contributed by atoms with E-state index in [-0.39, 0.29) is 18.9 Å². The molecule has 6 nitrogen and oxygen atoms in total. The minimum Gasteiger partial charge on any atom is -0.465 e. The van der Waals surface area contributed by atoms with E-state index in [4.69, 9.17) is 4.74 Å². The van der Waals surface area contributed by atoms with Crippen molar-refractivity contribution < 1.29 is 23.9 Å². The molecule has 0 spiro atoms. The lowest BCUT2D eigenvalue weighted by Gasteiger charge is -2.16. The Hall–Kier alpha value is -2.80. The lowest BCUT2D eigenvalue weighted by atomic mass is 10.1. The molecule has 1 saturated heterocycles. The second-order valence-corrected chi connectivity index (χ2v) is 6.92. The third kappa shape index (κ3) is 4.31. The summed E-state index contributed by atoms with van der Waals surface area (Å²) in [4.78, 5) is 38.9. The zero-order valence-electron chi connectivity index (χ0n) is 15.0. The standard InChI is InChI=1S/C20H19NO5S/c1-25-19(23)13-3-7-16(8-4-13)26-20(24)14-11-18(22)21(12-14)15-5-9-17(27-2)10-6-15/h3-10,14H,11-12H2,1-2H3. The van der Waals surface area contributed by atoms with Crippen LogP contribution in [0.25, 0.3) is 0 Å². The van der Waals surface area contributed by atoms with Gasteiger partial charge in [0.1, 0.15) is 5.75 Å².